The van der Waals surface area contributed by atoms with Gasteiger partial charge in [-0.1, -0.05) is 12.1 Å². The maximum absolute atomic E-state index is 13.9. The van der Waals surface area contributed by atoms with Gasteiger partial charge in [0.1, 0.15) is 16.5 Å². The van der Waals surface area contributed by atoms with Crippen molar-refractivity contribution in [2.75, 3.05) is 21.4 Å². The molecule has 0 spiro atoms. The molecule has 150 valence electrons. The predicted octanol–water partition coefficient (Wildman–Crippen LogP) is 2.09. The number of carbonyl (C=O) groups is 1. The van der Waals surface area contributed by atoms with Crippen LogP contribution in [0.5, 0.6) is 5.75 Å². The molecule has 3 rings (SSSR count). The summed E-state index contributed by atoms with van der Waals surface area (Å²) in [6, 6.07) is 8.76. The van der Waals surface area contributed by atoms with E-state index in [9.17, 15) is 26.0 Å². The Morgan fingerprint density at radius 1 is 1.21 bits per heavy atom. The third-order valence-corrected chi connectivity index (χ3v) is 7.03. The minimum Gasteiger partial charge on any atom is -0.492 e. The molecule has 2 aromatic rings. The molecular weight excluding hydrogens is 411 g/mol. The summed E-state index contributed by atoms with van der Waals surface area (Å²) in [5.74, 6) is -1.85. The van der Waals surface area contributed by atoms with Gasteiger partial charge in [0.05, 0.1) is 23.7 Å². The summed E-state index contributed by atoms with van der Waals surface area (Å²) < 4.78 is 71.9. The molecule has 2 aromatic carbocycles. The number of hydrogen-bond donors (Lipinski definition) is 1. The van der Waals surface area contributed by atoms with E-state index >= 15 is 0 Å². The second-order valence-electron chi connectivity index (χ2n) is 5.87. The second kappa shape index (κ2) is 7.40. The molecule has 0 bridgehead atoms. The molecule has 0 aromatic heterocycles. The van der Waals surface area contributed by atoms with Crippen molar-refractivity contribution in [2.45, 2.75) is 18.2 Å². The summed E-state index contributed by atoms with van der Waals surface area (Å²) in [6.07, 6.45) is -0.189. The zero-order chi connectivity index (χ0) is 20.5. The number of para-hydroxylation sites is 1. The molecule has 1 amide bonds. The number of ether oxygens (including phenoxy) is 1. The number of anilines is 2. The van der Waals surface area contributed by atoms with Crippen molar-refractivity contribution in [3.63, 3.8) is 0 Å². The number of hydrogen-bond acceptors (Lipinski definition) is 6. The molecule has 0 unspecified atom stereocenters. The number of nitrogens with zero attached hydrogens (tertiary/aromatic N) is 1. The largest absolute Gasteiger partial charge is 0.492 e. The first-order chi connectivity index (χ1) is 13.2. The molecule has 8 nitrogen and oxygen atoms in total. The summed E-state index contributed by atoms with van der Waals surface area (Å²) in [5, 5.41) is 0. The van der Waals surface area contributed by atoms with Crippen LogP contribution in [0.1, 0.15) is 13.3 Å². The number of rotatable bonds is 6. The maximum Gasteiger partial charge on any atom is 0.265 e. The van der Waals surface area contributed by atoms with E-state index in [0.29, 0.717) is 4.31 Å². The Kier molecular flexibility index (Phi) is 5.31. The fourth-order valence-corrected chi connectivity index (χ4v) is 5.40. The van der Waals surface area contributed by atoms with Crippen LogP contribution in [-0.2, 0) is 24.8 Å². The Hall–Kier alpha value is -2.66. The third-order valence-electron chi connectivity index (χ3n) is 3.95. The molecule has 11 heteroatoms. The van der Waals surface area contributed by atoms with Gasteiger partial charge >= 0.3 is 0 Å². The topological polar surface area (TPSA) is 110 Å². The lowest BCUT2D eigenvalue weighted by molar-refractivity contribution is -0.116. The number of carbonyl (C=O) groups excluding carboxylic acids is 1. The van der Waals surface area contributed by atoms with Crippen molar-refractivity contribution in [3.8, 4) is 5.75 Å². The van der Waals surface area contributed by atoms with Gasteiger partial charge in [0.25, 0.3) is 10.0 Å². The Bertz CT molecular complexity index is 1130. The lowest BCUT2D eigenvalue weighted by Crippen LogP contribution is -2.29. The van der Waals surface area contributed by atoms with Crippen LogP contribution in [0.15, 0.2) is 47.4 Å². The van der Waals surface area contributed by atoms with E-state index in [4.69, 9.17) is 4.74 Å². The quantitative estimate of drug-likeness (QED) is 0.755. The Morgan fingerprint density at radius 2 is 1.93 bits per heavy atom. The predicted molar refractivity (Wildman–Crippen MR) is 101 cm³/mol. The first-order valence-corrected chi connectivity index (χ1v) is 11.3. The second-order valence-corrected chi connectivity index (χ2v) is 9.46. The molecule has 1 fully saturated rings. The van der Waals surface area contributed by atoms with E-state index in [-0.39, 0.29) is 35.9 Å². The Morgan fingerprint density at radius 3 is 2.54 bits per heavy atom. The number of halogens is 1. The van der Waals surface area contributed by atoms with Crippen LogP contribution in [0.25, 0.3) is 0 Å². The highest BCUT2D eigenvalue weighted by atomic mass is 32.2. The SMILES string of the molecule is CCOc1ccc(N2C(=O)CCS2(=O)=O)cc1S(=O)(=O)Nc1ccccc1F. The summed E-state index contributed by atoms with van der Waals surface area (Å²) in [5.41, 5.74) is -0.403. The van der Waals surface area contributed by atoms with Gasteiger partial charge in [0.15, 0.2) is 0 Å². The minimum atomic E-state index is -4.34. The monoisotopic (exact) mass is 428 g/mol. The van der Waals surface area contributed by atoms with Crippen LogP contribution in [0.3, 0.4) is 0 Å². The lowest BCUT2D eigenvalue weighted by atomic mass is 10.3. The highest BCUT2D eigenvalue weighted by molar-refractivity contribution is 7.94. The molecule has 0 saturated carbocycles. The van der Waals surface area contributed by atoms with Crippen LogP contribution < -0.4 is 13.8 Å². The highest BCUT2D eigenvalue weighted by Crippen LogP contribution is 2.34. The van der Waals surface area contributed by atoms with Crippen molar-refractivity contribution in [1.29, 1.82) is 0 Å². The molecule has 28 heavy (non-hydrogen) atoms. The molecular formula is C17H17FN2O6S2. The molecule has 1 N–H and O–H groups in total. The fraction of sp³-hybridized carbons (Fsp3) is 0.235. The zero-order valence-corrected chi connectivity index (χ0v) is 16.4. The van der Waals surface area contributed by atoms with E-state index in [1.165, 1.54) is 30.3 Å². The third kappa shape index (κ3) is 3.80. The average molecular weight is 428 g/mol. The van der Waals surface area contributed by atoms with Gasteiger partial charge in [-0.25, -0.2) is 25.5 Å². The Labute approximate surface area is 162 Å². The highest BCUT2D eigenvalue weighted by Gasteiger charge is 2.37. The smallest absolute Gasteiger partial charge is 0.265 e. The average Bonchev–Trinajstić information content (AvgIpc) is 2.90. The normalized spacial score (nSPS) is 16.2. The summed E-state index contributed by atoms with van der Waals surface area (Å²) in [7, 11) is -8.22. The number of sulfonamides is 2. The van der Waals surface area contributed by atoms with Crippen molar-refractivity contribution in [1.82, 2.24) is 0 Å². The van der Waals surface area contributed by atoms with Gasteiger partial charge in [0.2, 0.25) is 15.9 Å². The van der Waals surface area contributed by atoms with Crippen molar-refractivity contribution in [2.24, 2.45) is 0 Å². The summed E-state index contributed by atoms with van der Waals surface area (Å²) >= 11 is 0. The van der Waals surface area contributed by atoms with E-state index in [1.54, 1.807) is 6.92 Å². The standard InChI is InChI=1S/C17H17FN2O6S2/c1-2-26-15-8-7-12(20-17(21)9-10-27(20,22)23)11-16(15)28(24,25)19-14-6-4-3-5-13(14)18/h3-8,11,19H,2,9-10H2,1H3. The molecule has 1 aliphatic rings. The van der Waals surface area contributed by atoms with E-state index in [1.807, 2.05) is 0 Å². The zero-order valence-electron chi connectivity index (χ0n) is 14.8. The lowest BCUT2D eigenvalue weighted by Gasteiger charge is -2.18. The van der Waals surface area contributed by atoms with Crippen molar-refractivity contribution in [3.05, 3.63) is 48.3 Å². The summed E-state index contributed by atoms with van der Waals surface area (Å²) in [4.78, 5) is 11.6. The number of nitrogens with one attached hydrogen (secondary N) is 1. The molecule has 1 saturated heterocycles. The molecule has 0 radical (unpaired) electrons. The van der Waals surface area contributed by atoms with Gasteiger partial charge in [0, 0.05) is 6.42 Å². The van der Waals surface area contributed by atoms with Crippen LogP contribution in [0, 0.1) is 5.82 Å². The van der Waals surface area contributed by atoms with Gasteiger partial charge in [-0.2, -0.15) is 0 Å². The molecule has 1 heterocycles. The number of benzene rings is 2. The van der Waals surface area contributed by atoms with Crippen molar-refractivity contribution < 1.29 is 30.8 Å². The summed E-state index contributed by atoms with van der Waals surface area (Å²) in [6.45, 7) is 1.78. The van der Waals surface area contributed by atoms with Gasteiger partial charge in [-0.15, -0.1) is 0 Å². The minimum absolute atomic E-state index is 0.0564. The van der Waals surface area contributed by atoms with Crippen LogP contribution >= 0.6 is 0 Å². The first kappa shape index (κ1) is 20.1. The molecule has 1 aliphatic heterocycles. The van der Waals surface area contributed by atoms with E-state index in [2.05, 4.69) is 4.72 Å². The van der Waals surface area contributed by atoms with Gasteiger partial charge in [-0.05, 0) is 37.3 Å². The maximum atomic E-state index is 13.9. The van der Waals surface area contributed by atoms with Crippen molar-refractivity contribution >= 4 is 37.3 Å². The molecule has 0 aliphatic carbocycles. The number of amides is 1. The van der Waals surface area contributed by atoms with Crippen LogP contribution in [0.4, 0.5) is 15.8 Å². The van der Waals surface area contributed by atoms with Crippen LogP contribution in [0.2, 0.25) is 0 Å². The van der Waals surface area contributed by atoms with E-state index < -0.39 is 36.7 Å². The Balaban J connectivity index is 2.10. The fourth-order valence-electron chi connectivity index (χ4n) is 2.72. The van der Waals surface area contributed by atoms with Crippen LogP contribution in [-0.4, -0.2) is 35.1 Å². The van der Waals surface area contributed by atoms with E-state index in [0.717, 1.165) is 12.1 Å². The van der Waals surface area contributed by atoms with Gasteiger partial charge < -0.3 is 4.74 Å². The van der Waals surface area contributed by atoms with Gasteiger partial charge in [-0.3, -0.25) is 9.52 Å². The molecule has 0 atom stereocenters. The first-order valence-electron chi connectivity index (χ1n) is 8.26.